The average Bonchev–Trinajstić information content (AvgIpc) is 2.61. The van der Waals surface area contributed by atoms with Crippen LogP contribution in [-0.2, 0) is 9.84 Å². The van der Waals surface area contributed by atoms with Crippen LogP contribution in [0.2, 0.25) is 0 Å². The number of nitrogens with one attached hydrogen (secondary N) is 2. The molecule has 0 bridgehead atoms. The largest absolute Gasteiger partial charge is 0.315 e. The van der Waals surface area contributed by atoms with Crippen molar-refractivity contribution in [2.45, 2.75) is 31.3 Å². The fraction of sp³-hybridized carbons (Fsp3) is 1.00. The molecule has 1 unspecified atom stereocenters. The van der Waals surface area contributed by atoms with Crippen molar-refractivity contribution >= 4 is 9.84 Å². The van der Waals surface area contributed by atoms with Crippen LogP contribution in [0.4, 0.5) is 0 Å². The molecule has 5 heteroatoms. The minimum absolute atomic E-state index is 0.366. The lowest BCUT2D eigenvalue weighted by Gasteiger charge is -2.26. The van der Waals surface area contributed by atoms with Crippen LogP contribution >= 0.6 is 0 Å². The maximum atomic E-state index is 11.2. The van der Waals surface area contributed by atoms with Crippen LogP contribution in [0.3, 0.4) is 0 Å². The van der Waals surface area contributed by atoms with E-state index in [1.807, 2.05) is 0 Å². The Balaban J connectivity index is 1.78. The van der Waals surface area contributed by atoms with E-state index >= 15 is 0 Å². The van der Waals surface area contributed by atoms with Crippen LogP contribution in [0.5, 0.6) is 0 Å². The maximum absolute atomic E-state index is 11.2. The van der Waals surface area contributed by atoms with E-state index in [-0.39, 0.29) is 0 Å². The van der Waals surface area contributed by atoms with Crippen molar-refractivity contribution < 1.29 is 8.42 Å². The van der Waals surface area contributed by atoms with Gasteiger partial charge >= 0.3 is 0 Å². The van der Waals surface area contributed by atoms with E-state index in [0.717, 1.165) is 25.9 Å². The zero-order chi connectivity index (χ0) is 10.0. The molecule has 2 rings (SSSR count). The molecule has 0 aliphatic carbocycles. The van der Waals surface area contributed by atoms with Gasteiger partial charge in [0, 0.05) is 18.6 Å². The zero-order valence-corrected chi connectivity index (χ0v) is 9.15. The summed E-state index contributed by atoms with van der Waals surface area (Å²) in [5, 5.41) is 6.83. The minimum atomic E-state index is -2.70. The lowest BCUT2D eigenvalue weighted by Crippen LogP contribution is -2.43. The number of hydrogen-bond acceptors (Lipinski definition) is 4. The van der Waals surface area contributed by atoms with E-state index < -0.39 is 9.84 Å². The fourth-order valence-electron chi connectivity index (χ4n) is 2.19. The van der Waals surface area contributed by atoms with Crippen molar-refractivity contribution in [2.75, 3.05) is 24.6 Å². The lowest BCUT2D eigenvalue weighted by molar-refractivity contribution is 0.412. The summed E-state index contributed by atoms with van der Waals surface area (Å²) in [6.45, 7) is 2.12. The van der Waals surface area contributed by atoms with Crippen molar-refractivity contribution in [1.29, 1.82) is 0 Å². The van der Waals surface area contributed by atoms with Crippen molar-refractivity contribution in [3.63, 3.8) is 0 Å². The predicted molar refractivity (Wildman–Crippen MR) is 56.1 cm³/mol. The molecule has 0 aromatic heterocycles. The number of hydrogen-bond donors (Lipinski definition) is 2. The molecule has 0 radical (unpaired) electrons. The Morgan fingerprint density at radius 2 is 1.79 bits per heavy atom. The summed E-state index contributed by atoms with van der Waals surface area (Å²) < 4.78 is 22.4. The summed E-state index contributed by atoms with van der Waals surface area (Å²) in [6.07, 6.45) is 2.75. The van der Waals surface area contributed by atoms with Gasteiger partial charge in [-0.05, 0) is 25.8 Å². The Morgan fingerprint density at radius 3 is 2.36 bits per heavy atom. The van der Waals surface area contributed by atoms with Gasteiger partial charge in [0.05, 0.1) is 11.5 Å². The van der Waals surface area contributed by atoms with Gasteiger partial charge in [0.1, 0.15) is 9.84 Å². The molecule has 14 heavy (non-hydrogen) atoms. The SMILES string of the molecule is O=S1(=O)CCC(NC2CCNC2)CC1. The number of sulfone groups is 1. The Morgan fingerprint density at radius 1 is 1.07 bits per heavy atom. The molecule has 1 atom stereocenters. The monoisotopic (exact) mass is 218 g/mol. The van der Waals surface area contributed by atoms with E-state index in [1.165, 1.54) is 6.42 Å². The third kappa shape index (κ3) is 2.68. The topological polar surface area (TPSA) is 58.2 Å². The summed E-state index contributed by atoms with van der Waals surface area (Å²) in [4.78, 5) is 0. The molecule has 0 aromatic carbocycles. The summed E-state index contributed by atoms with van der Waals surface area (Å²) in [5.41, 5.74) is 0. The Labute approximate surface area is 85.4 Å². The third-order valence-electron chi connectivity index (χ3n) is 3.09. The second-order valence-corrected chi connectivity index (χ2v) is 6.59. The molecule has 2 aliphatic heterocycles. The predicted octanol–water partition coefficient (Wildman–Crippen LogP) is -0.485. The molecule has 0 spiro atoms. The highest BCUT2D eigenvalue weighted by Crippen LogP contribution is 2.13. The van der Waals surface area contributed by atoms with Crippen LogP contribution in [0.25, 0.3) is 0 Å². The first kappa shape index (κ1) is 10.4. The summed E-state index contributed by atoms with van der Waals surface area (Å²) in [6, 6.07) is 0.976. The van der Waals surface area contributed by atoms with Gasteiger partial charge in [0.2, 0.25) is 0 Å². The molecule has 0 saturated carbocycles. The summed E-state index contributed by atoms with van der Waals surface area (Å²) in [5.74, 6) is 0.732. The normalized spacial score (nSPS) is 33.3. The van der Waals surface area contributed by atoms with Gasteiger partial charge in [-0.1, -0.05) is 0 Å². The first-order chi connectivity index (χ1) is 6.66. The third-order valence-corrected chi connectivity index (χ3v) is 4.80. The van der Waals surface area contributed by atoms with Gasteiger partial charge in [0.15, 0.2) is 0 Å². The average molecular weight is 218 g/mol. The Hall–Kier alpha value is -0.130. The molecule has 0 aromatic rings. The van der Waals surface area contributed by atoms with E-state index in [2.05, 4.69) is 10.6 Å². The second-order valence-electron chi connectivity index (χ2n) is 4.28. The second kappa shape index (κ2) is 4.16. The molecular weight excluding hydrogens is 200 g/mol. The standard InChI is InChI=1S/C9H18N2O2S/c12-14(13)5-2-8(3-6-14)11-9-1-4-10-7-9/h8-11H,1-7H2. The van der Waals surface area contributed by atoms with Crippen molar-refractivity contribution in [1.82, 2.24) is 10.6 Å². The first-order valence-electron chi connectivity index (χ1n) is 5.33. The molecule has 4 nitrogen and oxygen atoms in total. The molecule has 2 N–H and O–H groups in total. The maximum Gasteiger partial charge on any atom is 0.150 e. The lowest BCUT2D eigenvalue weighted by atomic mass is 10.1. The smallest absolute Gasteiger partial charge is 0.150 e. The van der Waals surface area contributed by atoms with Gasteiger partial charge in [-0.2, -0.15) is 0 Å². The molecule has 2 saturated heterocycles. The van der Waals surface area contributed by atoms with Crippen LogP contribution in [-0.4, -0.2) is 45.1 Å². The van der Waals surface area contributed by atoms with Crippen LogP contribution in [0.1, 0.15) is 19.3 Å². The molecular formula is C9H18N2O2S. The van der Waals surface area contributed by atoms with Crippen molar-refractivity contribution in [2.24, 2.45) is 0 Å². The van der Waals surface area contributed by atoms with E-state index in [4.69, 9.17) is 0 Å². The van der Waals surface area contributed by atoms with Crippen LogP contribution in [0.15, 0.2) is 0 Å². The van der Waals surface area contributed by atoms with Gasteiger partial charge in [-0.3, -0.25) is 0 Å². The molecule has 2 heterocycles. The molecule has 2 fully saturated rings. The quantitative estimate of drug-likeness (QED) is 0.657. The van der Waals surface area contributed by atoms with E-state index in [0.29, 0.717) is 23.6 Å². The zero-order valence-electron chi connectivity index (χ0n) is 8.33. The van der Waals surface area contributed by atoms with Gasteiger partial charge in [-0.25, -0.2) is 8.42 Å². The number of rotatable bonds is 2. The Bertz CT molecular complexity index is 269. The van der Waals surface area contributed by atoms with Gasteiger partial charge in [-0.15, -0.1) is 0 Å². The molecule has 82 valence electrons. The summed E-state index contributed by atoms with van der Waals surface area (Å²) in [7, 11) is -2.70. The van der Waals surface area contributed by atoms with Gasteiger partial charge < -0.3 is 10.6 Å². The van der Waals surface area contributed by atoms with E-state index in [9.17, 15) is 8.42 Å². The highest BCUT2D eigenvalue weighted by Gasteiger charge is 2.26. The van der Waals surface area contributed by atoms with Crippen LogP contribution < -0.4 is 10.6 Å². The molecule has 0 amide bonds. The first-order valence-corrected chi connectivity index (χ1v) is 7.15. The summed E-state index contributed by atoms with van der Waals surface area (Å²) >= 11 is 0. The minimum Gasteiger partial charge on any atom is -0.315 e. The fourth-order valence-corrected chi connectivity index (χ4v) is 3.68. The molecule has 2 aliphatic rings. The van der Waals surface area contributed by atoms with Crippen LogP contribution in [0, 0.1) is 0 Å². The van der Waals surface area contributed by atoms with Gasteiger partial charge in [0.25, 0.3) is 0 Å². The Kier molecular flexibility index (Phi) is 3.09. The highest BCUT2D eigenvalue weighted by molar-refractivity contribution is 7.91. The van der Waals surface area contributed by atoms with Crippen molar-refractivity contribution in [3.05, 3.63) is 0 Å². The van der Waals surface area contributed by atoms with Crippen molar-refractivity contribution in [3.8, 4) is 0 Å². The highest BCUT2D eigenvalue weighted by atomic mass is 32.2. The van der Waals surface area contributed by atoms with E-state index in [1.54, 1.807) is 0 Å².